The third-order valence-corrected chi connectivity index (χ3v) is 4.45. The van der Waals surface area contributed by atoms with Crippen LogP contribution in [0.5, 0.6) is 0 Å². The van der Waals surface area contributed by atoms with E-state index in [1.807, 2.05) is 0 Å². The van der Waals surface area contributed by atoms with Crippen molar-refractivity contribution < 1.29 is 9.53 Å². The van der Waals surface area contributed by atoms with Crippen molar-refractivity contribution in [2.45, 2.75) is 38.2 Å². The van der Waals surface area contributed by atoms with Gasteiger partial charge in [-0.15, -0.1) is 0 Å². The SMILES string of the molecule is Nc1c(Br)cc(C(=O)OC2CCCCC2)cc1Br. The van der Waals surface area contributed by atoms with Crippen LogP contribution in [0.25, 0.3) is 0 Å². The first-order valence-corrected chi connectivity index (χ1v) is 7.62. The molecule has 0 unspecified atom stereocenters. The van der Waals surface area contributed by atoms with Crippen molar-refractivity contribution in [3.8, 4) is 0 Å². The maximum atomic E-state index is 12.0. The summed E-state index contributed by atoms with van der Waals surface area (Å²) >= 11 is 6.66. The van der Waals surface area contributed by atoms with E-state index in [-0.39, 0.29) is 12.1 Å². The third kappa shape index (κ3) is 3.26. The quantitative estimate of drug-likeness (QED) is 0.618. The smallest absolute Gasteiger partial charge is 0.338 e. The highest BCUT2D eigenvalue weighted by molar-refractivity contribution is 9.11. The molecule has 2 N–H and O–H groups in total. The van der Waals surface area contributed by atoms with Gasteiger partial charge in [0.15, 0.2) is 0 Å². The zero-order valence-corrected chi connectivity index (χ0v) is 13.1. The average Bonchev–Trinajstić information content (AvgIpc) is 2.36. The van der Waals surface area contributed by atoms with E-state index in [1.54, 1.807) is 12.1 Å². The Labute approximate surface area is 123 Å². The standard InChI is InChI=1S/C13H15Br2NO2/c14-10-6-8(7-11(15)12(10)16)13(17)18-9-4-2-1-3-5-9/h6-7,9H,1-5,16H2. The van der Waals surface area contributed by atoms with Crippen LogP contribution >= 0.6 is 31.9 Å². The second kappa shape index (κ2) is 6.06. The van der Waals surface area contributed by atoms with Crippen molar-refractivity contribution in [3.63, 3.8) is 0 Å². The van der Waals surface area contributed by atoms with Crippen LogP contribution in [-0.2, 0) is 4.74 Å². The Balaban J connectivity index is 2.08. The molecule has 0 aromatic heterocycles. The lowest BCUT2D eigenvalue weighted by Gasteiger charge is -2.22. The van der Waals surface area contributed by atoms with Crippen LogP contribution in [0, 0.1) is 0 Å². The van der Waals surface area contributed by atoms with Gasteiger partial charge in [0.05, 0.1) is 11.3 Å². The van der Waals surface area contributed by atoms with Gasteiger partial charge in [-0.3, -0.25) is 0 Å². The molecule has 2 rings (SSSR count). The summed E-state index contributed by atoms with van der Waals surface area (Å²) in [5.74, 6) is -0.275. The predicted octanol–water partition coefficient (Wildman–Crippen LogP) is 4.28. The molecule has 0 heterocycles. The number of nitrogens with two attached hydrogens (primary N) is 1. The highest BCUT2D eigenvalue weighted by Crippen LogP contribution is 2.30. The Morgan fingerprint density at radius 1 is 1.17 bits per heavy atom. The molecule has 0 bridgehead atoms. The van der Waals surface area contributed by atoms with Gasteiger partial charge in [-0.2, -0.15) is 0 Å². The molecule has 5 heteroatoms. The monoisotopic (exact) mass is 375 g/mol. The summed E-state index contributed by atoms with van der Waals surface area (Å²) in [6, 6.07) is 3.40. The molecule has 0 amide bonds. The first kappa shape index (κ1) is 13.9. The second-order valence-corrected chi connectivity index (χ2v) is 6.23. The largest absolute Gasteiger partial charge is 0.459 e. The van der Waals surface area contributed by atoms with E-state index in [9.17, 15) is 4.79 Å². The van der Waals surface area contributed by atoms with E-state index in [0.29, 0.717) is 20.2 Å². The first-order valence-electron chi connectivity index (χ1n) is 6.03. The van der Waals surface area contributed by atoms with E-state index in [4.69, 9.17) is 10.5 Å². The molecule has 1 aromatic carbocycles. The van der Waals surface area contributed by atoms with Crippen molar-refractivity contribution in [1.82, 2.24) is 0 Å². The summed E-state index contributed by atoms with van der Waals surface area (Å²) < 4.78 is 6.91. The van der Waals surface area contributed by atoms with Crippen molar-refractivity contribution >= 4 is 43.5 Å². The lowest BCUT2D eigenvalue weighted by molar-refractivity contribution is 0.0211. The number of nitrogen functional groups attached to an aromatic ring is 1. The lowest BCUT2D eigenvalue weighted by Crippen LogP contribution is -2.21. The number of esters is 1. The summed E-state index contributed by atoms with van der Waals surface area (Å²) in [6.07, 6.45) is 5.56. The number of carbonyl (C=O) groups is 1. The molecule has 3 nitrogen and oxygen atoms in total. The highest BCUT2D eigenvalue weighted by atomic mass is 79.9. The third-order valence-electron chi connectivity index (χ3n) is 3.14. The molecule has 18 heavy (non-hydrogen) atoms. The maximum absolute atomic E-state index is 12.0. The summed E-state index contributed by atoms with van der Waals surface area (Å²) in [6.45, 7) is 0. The number of halogens is 2. The Morgan fingerprint density at radius 3 is 2.28 bits per heavy atom. The Bertz CT molecular complexity index is 433. The van der Waals surface area contributed by atoms with E-state index >= 15 is 0 Å². The maximum Gasteiger partial charge on any atom is 0.338 e. The van der Waals surface area contributed by atoms with Crippen molar-refractivity contribution in [3.05, 3.63) is 26.6 Å². The van der Waals surface area contributed by atoms with Gasteiger partial charge in [-0.1, -0.05) is 6.42 Å². The molecule has 0 radical (unpaired) electrons. The fourth-order valence-electron chi connectivity index (χ4n) is 2.10. The summed E-state index contributed by atoms with van der Waals surface area (Å²) in [5, 5.41) is 0. The van der Waals surface area contributed by atoms with Crippen molar-refractivity contribution in [2.24, 2.45) is 0 Å². The van der Waals surface area contributed by atoms with Crippen LogP contribution in [0.1, 0.15) is 42.5 Å². The van der Waals surface area contributed by atoms with E-state index < -0.39 is 0 Å². The molecule has 1 fully saturated rings. The molecule has 1 aromatic rings. The number of carbonyl (C=O) groups excluding carboxylic acids is 1. The van der Waals surface area contributed by atoms with E-state index in [2.05, 4.69) is 31.9 Å². The Morgan fingerprint density at radius 2 is 1.72 bits per heavy atom. The molecule has 1 aliphatic rings. The fraction of sp³-hybridized carbons (Fsp3) is 0.462. The number of hydrogen-bond acceptors (Lipinski definition) is 3. The van der Waals surface area contributed by atoms with Gasteiger partial charge < -0.3 is 10.5 Å². The summed E-state index contributed by atoms with van der Waals surface area (Å²) in [4.78, 5) is 12.0. The number of rotatable bonds is 2. The number of hydrogen-bond donors (Lipinski definition) is 1. The molecule has 98 valence electrons. The van der Waals surface area contributed by atoms with Crippen LogP contribution in [0.3, 0.4) is 0 Å². The minimum Gasteiger partial charge on any atom is -0.459 e. The van der Waals surface area contributed by atoms with Gasteiger partial charge in [0, 0.05) is 8.95 Å². The zero-order valence-electron chi connectivity index (χ0n) is 9.92. The molecular formula is C13H15Br2NO2. The minimum absolute atomic E-state index is 0.0707. The topological polar surface area (TPSA) is 52.3 Å². The van der Waals surface area contributed by atoms with Gasteiger partial charge in [0.2, 0.25) is 0 Å². The van der Waals surface area contributed by atoms with Crippen LogP contribution in [0.4, 0.5) is 5.69 Å². The van der Waals surface area contributed by atoms with Crippen LogP contribution < -0.4 is 5.73 Å². The van der Waals surface area contributed by atoms with Gasteiger partial charge in [0.1, 0.15) is 6.10 Å². The second-order valence-electron chi connectivity index (χ2n) is 4.52. The lowest BCUT2D eigenvalue weighted by atomic mass is 9.98. The molecule has 0 atom stereocenters. The predicted molar refractivity (Wildman–Crippen MR) is 78.5 cm³/mol. The molecule has 1 aliphatic carbocycles. The van der Waals surface area contributed by atoms with E-state index in [1.165, 1.54) is 6.42 Å². The molecule has 1 saturated carbocycles. The Kier molecular flexibility index (Phi) is 4.67. The van der Waals surface area contributed by atoms with Gasteiger partial charge in [-0.25, -0.2) is 4.79 Å². The highest BCUT2D eigenvalue weighted by Gasteiger charge is 2.19. The number of anilines is 1. The van der Waals surface area contributed by atoms with Gasteiger partial charge in [0.25, 0.3) is 0 Å². The summed E-state index contributed by atoms with van der Waals surface area (Å²) in [7, 11) is 0. The minimum atomic E-state index is -0.275. The molecular weight excluding hydrogens is 362 g/mol. The van der Waals surface area contributed by atoms with Crippen LogP contribution in [0.2, 0.25) is 0 Å². The van der Waals surface area contributed by atoms with Crippen molar-refractivity contribution in [2.75, 3.05) is 5.73 Å². The first-order chi connectivity index (χ1) is 8.58. The molecule has 0 spiro atoms. The number of ether oxygens (including phenoxy) is 1. The van der Waals surface area contributed by atoms with E-state index in [0.717, 1.165) is 25.7 Å². The fourth-order valence-corrected chi connectivity index (χ4v) is 3.29. The molecule has 0 saturated heterocycles. The van der Waals surface area contributed by atoms with Gasteiger partial charge in [-0.05, 0) is 69.7 Å². The average molecular weight is 377 g/mol. The number of benzene rings is 1. The van der Waals surface area contributed by atoms with Crippen LogP contribution in [-0.4, -0.2) is 12.1 Å². The van der Waals surface area contributed by atoms with Crippen molar-refractivity contribution in [1.29, 1.82) is 0 Å². The zero-order chi connectivity index (χ0) is 13.1. The Hall–Kier alpha value is -0.550. The van der Waals surface area contributed by atoms with Gasteiger partial charge >= 0.3 is 5.97 Å². The summed E-state index contributed by atoms with van der Waals surface area (Å²) in [5.41, 5.74) is 6.90. The molecule has 0 aliphatic heterocycles. The van der Waals surface area contributed by atoms with Crippen LogP contribution in [0.15, 0.2) is 21.1 Å². The normalized spacial score (nSPS) is 16.6.